The van der Waals surface area contributed by atoms with Crippen LogP contribution in [0.3, 0.4) is 0 Å². The standard InChI is InChI=1S/C19H16ClNO3S3/c1-27(23,24)12-4-5-15(20)14(11-12)19(22)21-8-6-16-13(7-10-26-16)18(21)17-3-2-9-25-17/h2-5,7,9-11,18H,6,8H2,1H3. The van der Waals surface area contributed by atoms with Gasteiger partial charge in [-0.1, -0.05) is 17.7 Å². The molecule has 0 saturated carbocycles. The van der Waals surface area contributed by atoms with Crippen molar-refractivity contribution in [2.75, 3.05) is 12.8 Å². The van der Waals surface area contributed by atoms with Crippen molar-refractivity contribution in [3.8, 4) is 0 Å². The summed E-state index contributed by atoms with van der Waals surface area (Å²) < 4.78 is 23.8. The fraction of sp³-hybridized carbons (Fsp3) is 0.211. The van der Waals surface area contributed by atoms with Crippen LogP contribution in [0.1, 0.15) is 31.7 Å². The van der Waals surface area contributed by atoms with Crippen LogP contribution in [-0.4, -0.2) is 32.0 Å². The molecule has 1 amide bonds. The molecule has 3 heterocycles. The highest BCUT2D eigenvalue weighted by Gasteiger charge is 2.34. The van der Waals surface area contributed by atoms with Gasteiger partial charge in [0.2, 0.25) is 0 Å². The number of carbonyl (C=O) groups is 1. The van der Waals surface area contributed by atoms with Gasteiger partial charge in [-0.05, 0) is 53.1 Å². The Morgan fingerprint density at radius 2 is 2.00 bits per heavy atom. The van der Waals surface area contributed by atoms with Crippen LogP contribution >= 0.6 is 34.3 Å². The van der Waals surface area contributed by atoms with Gasteiger partial charge in [-0.2, -0.15) is 0 Å². The van der Waals surface area contributed by atoms with Gasteiger partial charge in [-0.3, -0.25) is 4.79 Å². The number of carbonyl (C=O) groups excluding carboxylic acids is 1. The van der Waals surface area contributed by atoms with Gasteiger partial charge >= 0.3 is 0 Å². The molecule has 0 spiro atoms. The van der Waals surface area contributed by atoms with E-state index in [4.69, 9.17) is 11.6 Å². The smallest absolute Gasteiger partial charge is 0.256 e. The average molecular weight is 438 g/mol. The number of nitrogens with zero attached hydrogens (tertiary/aromatic N) is 1. The minimum Gasteiger partial charge on any atom is -0.326 e. The summed E-state index contributed by atoms with van der Waals surface area (Å²) in [5.41, 5.74) is 1.36. The first kappa shape index (κ1) is 18.7. The molecule has 0 N–H and O–H groups in total. The highest BCUT2D eigenvalue weighted by molar-refractivity contribution is 7.90. The van der Waals surface area contributed by atoms with E-state index < -0.39 is 9.84 Å². The van der Waals surface area contributed by atoms with E-state index in [1.165, 1.54) is 23.1 Å². The molecule has 0 radical (unpaired) electrons. The second-order valence-corrected chi connectivity index (χ2v) is 10.8. The maximum absolute atomic E-state index is 13.4. The van der Waals surface area contributed by atoms with E-state index in [9.17, 15) is 13.2 Å². The van der Waals surface area contributed by atoms with Crippen molar-refractivity contribution in [2.45, 2.75) is 17.4 Å². The average Bonchev–Trinajstić information content (AvgIpc) is 3.31. The van der Waals surface area contributed by atoms with E-state index in [2.05, 4.69) is 11.4 Å². The normalized spacial score (nSPS) is 17.0. The van der Waals surface area contributed by atoms with E-state index >= 15 is 0 Å². The summed E-state index contributed by atoms with van der Waals surface area (Å²) in [6.07, 6.45) is 1.90. The van der Waals surface area contributed by atoms with Gasteiger partial charge < -0.3 is 4.90 Å². The fourth-order valence-electron chi connectivity index (χ4n) is 3.34. The van der Waals surface area contributed by atoms with Crippen molar-refractivity contribution in [3.63, 3.8) is 0 Å². The molecule has 4 rings (SSSR count). The zero-order chi connectivity index (χ0) is 19.2. The number of sulfone groups is 1. The first-order valence-corrected chi connectivity index (χ1v) is 12.3. The van der Waals surface area contributed by atoms with Crippen molar-refractivity contribution in [1.82, 2.24) is 4.90 Å². The van der Waals surface area contributed by atoms with Crippen LogP contribution in [0.4, 0.5) is 0 Å². The van der Waals surface area contributed by atoms with Crippen molar-refractivity contribution < 1.29 is 13.2 Å². The zero-order valence-electron chi connectivity index (χ0n) is 14.4. The Kier molecular flexibility index (Phi) is 4.88. The van der Waals surface area contributed by atoms with Gasteiger partial charge in [0, 0.05) is 22.6 Å². The van der Waals surface area contributed by atoms with E-state index in [0.29, 0.717) is 6.54 Å². The van der Waals surface area contributed by atoms with E-state index in [0.717, 1.165) is 23.1 Å². The third-order valence-corrected chi connectivity index (χ3v) is 8.00. The second kappa shape index (κ2) is 7.05. The molecule has 1 aliphatic heterocycles. The topological polar surface area (TPSA) is 54.5 Å². The molecule has 1 atom stereocenters. The van der Waals surface area contributed by atoms with Crippen molar-refractivity contribution in [1.29, 1.82) is 0 Å². The first-order chi connectivity index (χ1) is 12.9. The fourth-order valence-corrected chi connectivity index (χ4v) is 5.95. The molecule has 2 aromatic heterocycles. The van der Waals surface area contributed by atoms with E-state index in [1.54, 1.807) is 27.6 Å². The highest BCUT2D eigenvalue weighted by atomic mass is 35.5. The number of halogens is 1. The molecule has 0 bridgehead atoms. The molecule has 4 nitrogen and oxygen atoms in total. The molecular formula is C19H16ClNO3S3. The van der Waals surface area contributed by atoms with Gasteiger partial charge in [0.05, 0.1) is 21.5 Å². The van der Waals surface area contributed by atoms with Crippen LogP contribution in [0.5, 0.6) is 0 Å². The lowest BCUT2D eigenvalue weighted by molar-refractivity contribution is 0.0698. The number of fused-ring (bicyclic) bond motifs is 1. The molecule has 140 valence electrons. The minimum atomic E-state index is -3.43. The van der Waals surface area contributed by atoms with Crippen LogP contribution in [0.2, 0.25) is 5.02 Å². The monoisotopic (exact) mass is 437 g/mol. The third-order valence-electron chi connectivity index (χ3n) is 4.64. The summed E-state index contributed by atoms with van der Waals surface area (Å²) in [5.74, 6) is -0.249. The molecule has 1 aliphatic rings. The molecule has 1 aromatic carbocycles. The van der Waals surface area contributed by atoms with Gasteiger partial charge in [0.25, 0.3) is 5.91 Å². The molecule has 0 aliphatic carbocycles. The number of thiophene rings is 2. The summed E-state index contributed by atoms with van der Waals surface area (Å²) in [7, 11) is -3.43. The van der Waals surface area contributed by atoms with Crippen LogP contribution in [0.25, 0.3) is 0 Å². The van der Waals surface area contributed by atoms with Crippen molar-refractivity contribution in [2.24, 2.45) is 0 Å². The maximum Gasteiger partial charge on any atom is 0.256 e. The SMILES string of the molecule is CS(=O)(=O)c1ccc(Cl)c(C(=O)N2CCc3sccc3C2c2cccs2)c1. The predicted molar refractivity (Wildman–Crippen MR) is 110 cm³/mol. The Morgan fingerprint density at radius 1 is 1.19 bits per heavy atom. The number of hydrogen-bond acceptors (Lipinski definition) is 5. The number of amides is 1. The minimum absolute atomic E-state index is 0.0937. The summed E-state index contributed by atoms with van der Waals surface area (Å²) in [6.45, 7) is 0.564. The second-order valence-electron chi connectivity index (χ2n) is 6.38. The van der Waals surface area contributed by atoms with E-state index in [-0.39, 0.29) is 27.4 Å². The zero-order valence-corrected chi connectivity index (χ0v) is 17.6. The largest absolute Gasteiger partial charge is 0.326 e. The molecular weight excluding hydrogens is 422 g/mol. The van der Waals surface area contributed by atoms with Crippen LogP contribution in [-0.2, 0) is 16.3 Å². The number of hydrogen-bond donors (Lipinski definition) is 0. The predicted octanol–water partition coefficient (Wildman–Crippen LogP) is 4.65. The van der Waals surface area contributed by atoms with Gasteiger partial charge in [0.15, 0.2) is 9.84 Å². The quantitative estimate of drug-likeness (QED) is 0.599. The van der Waals surface area contributed by atoms with Crippen LogP contribution < -0.4 is 0 Å². The lowest BCUT2D eigenvalue weighted by Gasteiger charge is -2.35. The van der Waals surface area contributed by atoms with Crippen LogP contribution in [0.15, 0.2) is 52.1 Å². The molecule has 3 aromatic rings. The summed E-state index contributed by atoms with van der Waals surface area (Å²) in [4.78, 5) is 17.7. The Balaban J connectivity index is 1.80. The number of benzene rings is 1. The van der Waals surface area contributed by atoms with E-state index in [1.807, 2.05) is 17.5 Å². The number of rotatable bonds is 3. The maximum atomic E-state index is 13.4. The van der Waals surface area contributed by atoms with Gasteiger partial charge in [-0.15, -0.1) is 22.7 Å². The van der Waals surface area contributed by atoms with Crippen molar-refractivity contribution in [3.05, 3.63) is 73.1 Å². The molecule has 0 saturated heterocycles. The summed E-state index contributed by atoms with van der Waals surface area (Å²) >= 11 is 9.59. The van der Waals surface area contributed by atoms with Gasteiger partial charge in [0.1, 0.15) is 0 Å². The molecule has 8 heteroatoms. The molecule has 1 unspecified atom stereocenters. The first-order valence-electron chi connectivity index (χ1n) is 8.26. The summed E-state index contributed by atoms with van der Waals surface area (Å²) in [5, 5.41) is 4.31. The lowest BCUT2D eigenvalue weighted by Crippen LogP contribution is -2.40. The Bertz CT molecular complexity index is 1100. The van der Waals surface area contributed by atoms with Crippen LogP contribution in [0, 0.1) is 0 Å². The Morgan fingerprint density at radius 3 is 2.70 bits per heavy atom. The molecule has 0 fully saturated rings. The molecule has 27 heavy (non-hydrogen) atoms. The van der Waals surface area contributed by atoms with Gasteiger partial charge in [-0.25, -0.2) is 8.42 Å². The van der Waals surface area contributed by atoms with Crippen molar-refractivity contribution >= 4 is 50.0 Å². The summed E-state index contributed by atoms with van der Waals surface area (Å²) in [6, 6.07) is 10.2. The Hall–Kier alpha value is -1.67. The third kappa shape index (κ3) is 3.45. The highest BCUT2D eigenvalue weighted by Crippen LogP contribution is 2.40. The lowest BCUT2D eigenvalue weighted by atomic mass is 9.97. The Labute approximate surface area is 170 Å².